The Morgan fingerprint density at radius 3 is 2.93 bits per heavy atom. The van der Waals surface area contributed by atoms with Gasteiger partial charge in [0.05, 0.1) is 19.1 Å². The van der Waals surface area contributed by atoms with Crippen molar-refractivity contribution >= 4 is 11.7 Å². The van der Waals surface area contributed by atoms with Crippen molar-refractivity contribution in [3.8, 4) is 0 Å². The highest BCUT2D eigenvalue weighted by molar-refractivity contribution is 5.95. The molecule has 1 aromatic rings. The fraction of sp³-hybridized carbons (Fsp3) is 0.600. The number of aromatic amines is 1. The molecule has 1 saturated heterocycles. The van der Waals surface area contributed by atoms with Crippen molar-refractivity contribution in [2.75, 3.05) is 11.4 Å². The minimum absolute atomic E-state index is 0.0450. The molecule has 2 fully saturated rings. The Bertz CT molecular complexity index is 397. The lowest BCUT2D eigenvalue weighted by atomic mass is 10.3. The van der Waals surface area contributed by atoms with Crippen LogP contribution in [-0.4, -0.2) is 33.9 Å². The summed E-state index contributed by atoms with van der Waals surface area (Å²) in [6.45, 7) is 0.369. The van der Waals surface area contributed by atoms with E-state index in [0.29, 0.717) is 18.3 Å². The van der Waals surface area contributed by atoms with Gasteiger partial charge in [-0.15, -0.1) is 0 Å². The van der Waals surface area contributed by atoms with E-state index in [9.17, 15) is 9.90 Å². The van der Waals surface area contributed by atoms with Gasteiger partial charge in [0.15, 0.2) is 5.82 Å². The van der Waals surface area contributed by atoms with Crippen LogP contribution in [0.5, 0.6) is 0 Å². The standard InChI is InChI=1S/C10H13N3O2/c14-7-3-10(15)13(5-7)9-4-8(11-12-9)6-1-2-6/h4,6-7,14H,1-3,5H2,(H,11,12). The first-order valence-corrected chi connectivity index (χ1v) is 5.28. The Kier molecular flexibility index (Phi) is 1.82. The molecule has 2 heterocycles. The average molecular weight is 207 g/mol. The van der Waals surface area contributed by atoms with Crippen LogP contribution in [0, 0.1) is 0 Å². The number of nitrogens with one attached hydrogen (secondary N) is 1. The Morgan fingerprint density at radius 1 is 1.53 bits per heavy atom. The second kappa shape index (κ2) is 3.06. The van der Waals surface area contributed by atoms with Crippen molar-refractivity contribution in [1.29, 1.82) is 0 Å². The summed E-state index contributed by atoms with van der Waals surface area (Å²) < 4.78 is 0. The number of rotatable bonds is 2. The van der Waals surface area contributed by atoms with Gasteiger partial charge in [0.25, 0.3) is 0 Å². The molecular weight excluding hydrogens is 194 g/mol. The summed E-state index contributed by atoms with van der Waals surface area (Å²) in [6.07, 6.45) is 2.08. The molecule has 2 N–H and O–H groups in total. The van der Waals surface area contributed by atoms with Gasteiger partial charge in [0.1, 0.15) is 0 Å². The fourth-order valence-electron chi connectivity index (χ4n) is 1.98. The lowest BCUT2D eigenvalue weighted by molar-refractivity contribution is -0.117. The first-order valence-electron chi connectivity index (χ1n) is 5.28. The van der Waals surface area contributed by atoms with Crippen molar-refractivity contribution in [3.63, 3.8) is 0 Å². The Hall–Kier alpha value is -1.36. The number of H-pyrrole nitrogens is 1. The van der Waals surface area contributed by atoms with Crippen LogP contribution in [0.4, 0.5) is 5.82 Å². The molecule has 0 bridgehead atoms. The van der Waals surface area contributed by atoms with Crippen LogP contribution in [0.25, 0.3) is 0 Å². The largest absolute Gasteiger partial charge is 0.391 e. The van der Waals surface area contributed by atoms with Crippen molar-refractivity contribution in [2.24, 2.45) is 0 Å². The van der Waals surface area contributed by atoms with E-state index in [1.807, 2.05) is 6.07 Å². The van der Waals surface area contributed by atoms with E-state index in [-0.39, 0.29) is 12.3 Å². The summed E-state index contributed by atoms with van der Waals surface area (Å²) in [7, 11) is 0. The highest BCUT2D eigenvalue weighted by Gasteiger charge is 2.32. The van der Waals surface area contributed by atoms with Crippen LogP contribution in [0.15, 0.2) is 6.07 Å². The maximum Gasteiger partial charge on any atom is 0.230 e. The summed E-state index contributed by atoms with van der Waals surface area (Å²) in [5.41, 5.74) is 1.11. The zero-order valence-corrected chi connectivity index (χ0v) is 8.31. The maximum atomic E-state index is 11.5. The molecule has 1 atom stereocenters. The molecule has 1 aliphatic carbocycles. The summed E-state index contributed by atoms with van der Waals surface area (Å²) in [6, 6.07) is 1.92. The van der Waals surface area contributed by atoms with E-state index in [0.717, 1.165) is 5.69 Å². The van der Waals surface area contributed by atoms with Gasteiger partial charge in [0.2, 0.25) is 5.91 Å². The van der Waals surface area contributed by atoms with Gasteiger partial charge in [0, 0.05) is 17.7 Å². The lowest BCUT2D eigenvalue weighted by Crippen LogP contribution is -2.25. The molecule has 0 aromatic carbocycles. The van der Waals surface area contributed by atoms with Crippen LogP contribution in [0.2, 0.25) is 0 Å². The number of nitrogens with zero attached hydrogens (tertiary/aromatic N) is 2. The third kappa shape index (κ3) is 1.52. The smallest absolute Gasteiger partial charge is 0.230 e. The van der Waals surface area contributed by atoms with Crippen LogP contribution in [-0.2, 0) is 4.79 Å². The van der Waals surface area contributed by atoms with Crippen LogP contribution in [0.1, 0.15) is 30.9 Å². The second-order valence-electron chi connectivity index (χ2n) is 4.32. The van der Waals surface area contributed by atoms with Gasteiger partial charge in [-0.05, 0) is 12.8 Å². The van der Waals surface area contributed by atoms with E-state index in [1.165, 1.54) is 12.8 Å². The normalized spacial score (nSPS) is 26.3. The molecule has 1 unspecified atom stereocenters. The molecular formula is C10H13N3O2. The molecule has 80 valence electrons. The van der Waals surface area contributed by atoms with E-state index in [2.05, 4.69) is 10.2 Å². The minimum atomic E-state index is -0.543. The third-order valence-electron chi connectivity index (χ3n) is 2.98. The predicted molar refractivity (Wildman–Crippen MR) is 53.5 cm³/mol. The number of hydrogen-bond acceptors (Lipinski definition) is 3. The Labute approximate surface area is 87.1 Å². The molecule has 3 rings (SSSR count). The van der Waals surface area contributed by atoms with E-state index in [1.54, 1.807) is 4.90 Å². The van der Waals surface area contributed by atoms with Crippen molar-refractivity contribution in [3.05, 3.63) is 11.8 Å². The first kappa shape index (κ1) is 8.91. The first-order chi connectivity index (χ1) is 7.24. The summed E-state index contributed by atoms with van der Waals surface area (Å²) in [4.78, 5) is 13.0. The molecule has 1 amide bonds. The number of amides is 1. The number of aromatic nitrogens is 2. The number of anilines is 1. The predicted octanol–water partition coefficient (Wildman–Crippen LogP) is 0.385. The quantitative estimate of drug-likeness (QED) is 0.736. The maximum absolute atomic E-state index is 11.5. The van der Waals surface area contributed by atoms with Crippen molar-refractivity contribution in [2.45, 2.75) is 31.3 Å². The SMILES string of the molecule is O=C1CC(O)CN1c1cc(C2CC2)[nH]n1. The van der Waals surface area contributed by atoms with Gasteiger partial charge < -0.3 is 5.11 Å². The topological polar surface area (TPSA) is 69.2 Å². The molecule has 1 aliphatic heterocycles. The summed E-state index contributed by atoms with van der Waals surface area (Å²) in [5.74, 6) is 1.21. The second-order valence-corrected chi connectivity index (χ2v) is 4.32. The number of carbonyl (C=O) groups excluding carboxylic acids is 1. The van der Waals surface area contributed by atoms with Crippen molar-refractivity contribution in [1.82, 2.24) is 10.2 Å². The van der Waals surface area contributed by atoms with Crippen molar-refractivity contribution < 1.29 is 9.90 Å². The fourth-order valence-corrected chi connectivity index (χ4v) is 1.98. The minimum Gasteiger partial charge on any atom is -0.391 e. The number of β-amino-alcohol motifs (C(OH)–C–C–N with tert-alkyl or cyclic N) is 1. The average Bonchev–Trinajstić information content (AvgIpc) is 2.83. The molecule has 5 heteroatoms. The number of aliphatic hydroxyl groups excluding tert-OH is 1. The van der Waals surface area contributed by atoms with E-state index >= 15 is 0 Å². The molecule has 2 aliphatic rings. The molecule has 0 radical (unpaired) electrons. The Morgan fingerprint density at radius 2 is 2.33 bits per heavy atom. The zero-order chi connectivity index (χ0) is 10.4. The monoisotopic (exact) mass is 207 g/mol. The molecule has 5 nitrogen and oxygen atoms in total. The van der Waals surface area contributed by atoms with Gasteiger partial charge >= 0.3 is 0 Å². The summed E-state index contributed by atoms with van der Waals surface area (Å²) in [5, 5.41) is 16.4. The zero-order valence-electron chi connectivity index (χ0n) is 8.31. The van der Waals surface area contributed by atoms with Crippen LogP contribution >= 0.6 is 0 Å². The molecule has 1 aromatic heterocycles. The van der Waals surface area contributed by atoms with Gasteiger partial charge in [-0.3, -0.25) is 14.8 Å². The number of hydrogen-bond donors (Lipinski definition) is 2. The van der Waals surface area contributed by atoms with Crippen LogP contribution in [0.3, 0.4) is 0 Å². The Balaban J connectivity index is 1.82. The lowest BCUT2D eigenvalue weighted by Gasteiger charge is -2.10. The van der Waals surface area contributed by atoms with E-state index < -0.39 is 6.10 Å². The molecule has 1 saturated carbocycles. The van der Waals surface area contributed by atoms with Gasteiger partial charge in [-0.25, -0.2) is 0 Å². The van der Waals surface area contributed by atoms with Crippen LogP contribution < -0.4 is 4.90 Å². The summed E-state index contributed by atoms with van der Waals surface area (Å²) >= 11 is 0. The van der Waals surface area contributed by atoms with Gasteiger partial charge in [-0.1, -0.05) is 0 Å². The number of carbonyl (C=O) groups is 1. The van der Waals surface area contributed by atoms with E-state index in [4.69, 9.17) is 0 Å². The van der Waals surface area contributed by atoms with Gasteiger partial charge in [-0.2, -0.15) is 5.10 Å². The molecule has 15 heavy (non-hydrogen) atoms. The highest BCUT2D eigenvalue weighted by atomic mass is 16.3. The molecule has 0 spiro atoms. The highest BCUT2D eigenvalue weighted by Crippen LogP contribution is 2.40. The third-order valence-corrected chi connectivity index (χ3v) is 2.98. The number of aliphatic hydroxyl groups is 1.